The van der Waals surface area contributed by atoms with Gasteiger partial charge < -0.3 is 9.73 Å². The van der Waals surface area contributed by atoms with Gasteiger partial charge in [0.05, 0.1) is 6.20 Å². The van der Waals surface area contributed by atoms with Crippen LogP contribution in [0.25, 0.3) is 11.3 Å². The minimum atomic E-state index is -0.907. The van der Waals surface area contributed by atoms with Crippen molar-refractivity contribution < 1.29 is 13.2 Å². The second-order valence-electron chi connectivity index (χ2n) is 2.91. The lowest BCUT2D eigenvalue weighted by atomic mass is 10.2. The normalized spacial score (nSPS) is 10.3. The SMILES string of the molecule is CNc1ncc(-c2ccc(F)c(F)c2)o1. The van der Waals surface area contributed by atoms with Crippen molar-refractivity contribution in [1.82, 2.24) is 4.98 Å². The summed E-state index contributed by atoms with van der Waals surface area (Å²) >= 11 is 0. The third kappa shape index (κ3) is 1.81. The van der Waals surface area contributed by atoms with Crippen molar-refractivity contribution in [3.05, 3.63) is 36.0 Å². The molecule has 1 heterocycles. The summed E-state index contributed by atoms with van der Waals surface area (Å²) in [4.78, 5) is 3.87. The molecule has 2 aromatic rings. The van der Waals surface area contributed by atoms with Crippen LogP contribution in [0.1, 0.15) is 0 Å². The molecule has 0 amide bonds. The van der Waals surface area contributed by atoms with Gasteiger partial charge in [-0.3, -0.25) is 0 Å². The molecule has 0 radical (unpaired) electrons. The number of nitrogens with one attached hydrogen (secondary N) is 1. The Morgan fingerprint density at radius 2 is 2.07 bits per heavy atom. The summed E-state index contributed by atoms with van der Waals surface area (Å²) in [6, 6.07) is 3.87. The first-order chi connectivity index (χ1) is 7.20. The number of benzene rings is 1. The fourth-order valence-electron chi connectivity index (χ4n) is 1.17. The monoisotopic (exact) mass is 210 g/mol. The molecule has 0 saturated carbocycles. The van der Waals surface area contributed by atoms with E-state index >= 15 is 0 Å². The molecular weight excluding hydrogens is 202 g/mol. The highest BCUT2D eigenvalue weighted by molar-refractivity contribution is 5.57. The average Bonchev–Trinajstić information content (AvgIpc) is 2.70. The molecule has 78 valence electrons. The molecule has 0 unspecified atom stereocenters. The Morgan fingerprint density at radius 1 is 1.27 bits per heavy atom. The maximum absolute atomic E-state index is 12.9. The van der Waals surface area contributed by atoms with E-state index in [2.05, 4.69) is 10.3 Å². The van der Waals surface area contributed by atoms with Crippen molar-refractivity contribution in [2.45, 2.75) is 0 Å². The van der Waals surface area contributed by atoms with Crippen LogP contribution in [0.4, 0.5) is 14.8 Å². The Bertz CT molecular complexity index is 482. The van der Waals surface area contributed by atoms with Gasteiger partial charge in [0.15, 0.2) is 17.4 Å². The second-order valence-corrected chi connectivity index (χ2v) is 2.91. The first-order valence-electron chi connectivity index (χ1n) is 4.29. The first-order valence-corrected chi connectivity index (χ1v) is 4.29. The largest absolute Gasteiger partial charge is 0.424 e. The van der Waals surface area contributed by atoms with Crippen molar-refractivity contribution in [3.8, 4) is 11.3 Å². The summed E-state index contributed by atoms with van der Waals surface area (Å²) in [5.41, 5.74) is 0.447. The molecule has 0 saturated heterocycles. The molecular formula is C10H8F2N2O. The minimum Gasteiger partial charge on any atom is -0.424 e. The smallest absolute Gasteiger partial charge is 0.294 e. The van der Waals surface area contributed by atoms with Gasteiger partial charge in [-0.1, -0.05) is 0 Å². The number of rotatable bonds is 2. The number of oxazole rings is 1. The fraction of sp³-hybridized carbons (Fsp3) is 0.100. The summed E-state index contributed by atoms with van der Waals surface area (Å²) in [7, 11) is 1.65. The third-order valence-electron chi connectivity index (χ3n) is 1.92. The highest BCUT2D eigenvalue weighted by atomic mass is 19.2. The van der Waals surface area contributed by atoms with E-state index in [1.54, 1.807) is 7.05 Å². The van der Waals surface area contributed by atoms with E-state index in [-0.39, 0.29) is 0 Å². The van der Waals surface area contributed by atoms with Crippen LogP contribution in [0.15, 0.2) is 28.8 Å². The van der Waals surface area contributed by atoms with Gasteiger partial charge in [0.25, 0.3) is 6.01 Å². The number of aromatic nitrogens is 1. The maximum Gasteiger partial charge on any atom is 0.294 e. The quantitative estimate of drug-likeness (QED) is 0.828. The predicted octanol–water partition coefficient (Wildman–Crippen LogP) is 2.66. The van der Waals surface area contributed by atoms with E-state index in [1.807, 2.05) is 0 Å². The molecule has 0 spiro atoms. The number of halogens is 2. The molecule has 1 aromatic heterocycles. The average molecular weight is 210 g/mol. The Morgan fingerprint density at radius 3 is 2.67 bits per heavy atom. The van der Waals surface area contributed by atoms with Crippen LogP contribution in [0.3, 0.4) is 0 Å². The summed E-state index contributed by atoms with van der Waals surface area (Å²) in [6.45, 7) is 0. The molecule has 1 aromatic carbocycles. The highest BCUT2D eigenvalue weighted by Gasteiger charge is 2.08. The topological polar surface area (TPSA) is 38.1 Å². The predicted molar refractivity (Wildman–Crippen MR) is 51.4 cm³/mol. The number of nitrogens with zero attached hydrogens (tertiary/aromatic N) is 1. The molecule has 0 aliphatic heterocycles. The first kappa shape index (κ1) is 9.64. The van der Waals surface area contributed by atoms with Crippen molar-refractivity contribution in [1.29, 1.82) is 0 Å². The van der Waals surface area contributed by atoms with Crippen LogP contribution < -0.4 is 5.32 Å². The van der Waals surface area contributed by atoms with Crippen LogP contribution in [-0.4, -0.2) is 12.0 Å². The Balaban J connectivity index is 2.40. The van der Waals surface area contributed by atoms with Crippen molar-refractivity contribution >= 4 is 6.01 Å². The highest BCUT2D eigenvalue weighted by Crippen LogP contribution is 2.23. The lowest BCUT2D eigenvalue weighted by Gasteiger charge is -1.97. The van der Waals surface area contributed by atoms with Crippen LogP contribution in [0.2, 0.25) is 0 Å². The Hall–Kier alpha value is -1.91. The Kier molecular flexibility index (Phi) is 2.37. The standard InChI is InChI=1S/C10H8F2N2O/c1-13-10-14-5-9(15-10)6-2-3-7(11)8(12)4-6/h2-5H,1H3,(H,13,14). The molecule has 2 rings (SSSR count). The van der Waals surface area contributed by atoms with Crippen molar-refractivity contribution in [3.63, 3.8) is 0 Å². The summed E-state index contributed by atoms with van der Waals surface area (Å²) in [6.07, 6.45) is 1.44. The fourth-order valence-corrected chi connectivity index (χ4v) is 1.17. The van der Waals surface area contributed by atoms with Gasteiger partial charge in [-0.2, -0.15) is 0 Å². The van der Waals surface area contributed by atoms with Gasteiger partial charge in [-0.25, -0.2) is 13.8 Å². The molecule has 0 bridgehead atoms. The lowest BCUT2D eigenvalue weighted by molar-refractivity contribution is 0.508. The lowest BCUT2D eigenvalue weighted by Crippen LogP contribution is -1.85. The zero-order chi connectivity index (χ0) is 10.8. The van der Waals surface area contributed by atoms with Gasteiger partial charge in [-0.05, 0) is 18.2 Å². The molecule has 0 fully saturated rings. The number of hydrogen-bond acceptors (Lipinski definition) is 3. The molecule has 1 N–H and O–H groups in total. The summed E-state index contributed by atoms with van der Waals surface area (Å²) in [5.74, 6) is -1.40. The van der Waals surface area contributed by atoms with E-state index in [9.17, 15) is 8.78 Å². The molecule has 15 heavy (non-hydrogen) atoms. The second kappa shape index (κ2) is 3.68. The van der Waals surface area contributed by atoms with E-state index < -0.39 is 11.6 Å². The van der Waals surface area contributed by atoms with Crippen molar-refractivity contribution in [2.75, 3.05) is 12.4 Å². The van der Waals surface area contributed by atoms with Gasteiger partial charge >= 0.3 is 0 Å². The summed E-state index contributed by atoms with van der Waals surface area (Å²) in [5, 5.41) is 2.70. The van der Waals surface area contributed by atoms with Gasteiger partial charge in [0, 0.05) is 12.6 Å². The summed E-state index contributed by atoms with van der Waals surface area (Å²) < 4.78 is 30.8. The number of anilines is 1. The van der Waals surface area contributed by atoms with Gasteiger partial charge in [-0.15, -0.1) is 0 Å². The van der Waals surface area contributed by atoms with E-state index in [0.717, 1.165) is 12.1 Å². The van der Waals surface area contributed by atoms with Gasteiger partial charge in [0.2, 0.25) is 0 Å². The molecule has 0 atom stereocenters. The molecule has 0 aliphatic carbocycles. The minimum absolute atomic E-state index is 0.328. The molecule has 3 nitrogen and oxygen atoms in total. The van der Waals surface area contributed by atoms with E-state index in [1.165, 1.54) is 12.3 Å². The third-order valence-corrected chi connectivity index (χ3v) is 1.92. The van der Waals surface area contributed by atoms with Crippen molar-refractivity contribution in [2.24, 2.45) is 0 Å². The van der Waals surface area contributed by atoms with Crippen LogP contribution in [0.5, 0.6) is 0 Å². The zero-order valence-corrected chi connectivity index (χ0v) is 7.92. The zero-order valence-electron chi connectivity index (χ0n) is 7.92. The number of hydrogen-bond donors (Lipinski definition) is 1. The van der Waals surface area contributed by atoms with Crippen LogP contribution in [-0.2, 0) is 0 Å². The van der Waals surface area contributed by atoms with Gasteiger partial charge in [0.1, 0.15) is 0 Å². The molecule has 5 heteroatoms. The van der Waals surface area contributed by atoms with E-state index in [0.29, 0.717) is 17.3 Å². The van der Waals surface area contributed by atoms with Crippen LogP contribution >= 0.6 is 0 Å². The van der Waals surface area contributed by atoms with Crippen LogP contribution in [0, 0.1) is 11.6 Å². The van der Waals surface area contributed by atoms with E-state index in [4.69, 9.17) is 4.42 Å². The maximum atomic E-state index is 12.9. The molecule has 0 aliphatic rings. The Labute approximate surface area is 84.7 Å².